The fourth-order valence-corrected chi connectivity index (χ4v) is 4.22. The highest BCUT2D eigenvalue weighted by Crippen LogP contribution is 2.35. The summed E-state index contributed by atoms with van der Waals surface area (Å²) in [5.74, 6) is 1.70. The monoisotopic (exact) mass is 369 g/mol. The number of carbonyl (C=O) groups is 1. The first kappa shape index (κ1) is 18.0. The molecule has 1 amide bonds. The number of nitrogens with zero attached hydrogens (tertiary/aromatic N) is 2. The summed E-state index contributed by atoms with van der Waals surface area (Å²) in [5, 5.41) is 7.50. The Hall–Kier alpha value is -2.34. The van der Waals surface area contributed by atoms with Gasteiger partial charge in [0, 0.05) is 49.4 Å². The Bertz CT molecular complexity index is 774. The molecule has 0 bridgehead atoms. The summed E-state index contributed by atoms with van der Waals surface area (Å²) in [6, 6.07) is 8.07. The summed E-state index contributed by atoms with van der Waals surface area (Å²) in [6.07, 6.45) is 5.55. The van der Waals surface area contributed by atoms with Gasteiger partial charge in [-0.05, 0) is 43.4 Å². The first-order valence-corrected chi connectivity index (χ1v) is 9.80. The number of carbonyl (C=O) groups excluding carboxylic acids is 1. The Morgan fingerprint density at radius 3 is 2.74 bits per heavy atom. The van der Waals surface area contributed by atoms with E-state index >= 15 is 0 Å². The predicted octanol–water partition coefficient (Wildman–Crippen LogP) is 3.22. The van der Waals surface area contributed by atoms with E-state index in [1.54, 1.807) is 7.11 Å². The smallest absolute Gasteiger partial charge is 0.225 e. The fraction of sp³-hybridized carbons (Fsp3) is 0.524. The van der Waals surface area contributed by atoms with Crippen LogP contribution in [0.25, 0.3) is 11.1 Å². The molecule has 144 valence electrons. The molecular formula is C21H27N3O3. The summed E-state index contributed by atoms with van der Waals surface area (Å²) < 4.78 is 10.7. The van der Waals surface area contributed by atoms with E-state index in [9.17, 15) is 4.79 Å². The van der Waals surface area contributed by atoms with Crippen molar-refractivity contribution in [2.45, 2.75) is 31.6 Å². The number of aromatic nitrogens is 2. The number of hydrogen-bond donors (Lipinski definition) is 1. The van der Waals surface area contributed by atoms with Crippen LogP contribution in [-0.2, 0) is 9.53 Å². The molecule has 2 aromatic rings. The van der Waals surface area contributed by atoms with Crippen LogP contribution < -0.4 is 4.74 Å². The minimum Gasteiger partial charge on any atom is -0.497 e. The zero-order valence-corrected chi connectivity index (χ0v) is 15.8. The molecule has 0 unspecified atom stereocenters. The summed E-state index contributed by atoms with van der Waals surface area (Å²) >= 11 is 0. The second-order valence-electron chi connectivity index (χ2n) is 7.42. The molecule has 0 spiro atoms. The van der Waals surface area contributed by atoms with Crippen molar-refractivity contribution in [3.8, 4) is 16.9 Å². The van der Waals surface area contributed by atoms with Gasteiger partial charge in [-0.1, -0.05) is 12.1 Å². The predicted molar refractivity (Wildman–Crippen MR) is 103 cm³/mol. The number of ether oxygens (including phenoxy) is 2. The molecule has 2 aliphatic rings. The van der Waals surface area contributed by atoms with Crippen molar-refractivity contribution in [3.63, 3.8) is 0 Å². The van der Waals surface area contributed by atoms with Crippen LogP contribution >= 0.6 is 0 Å². The number of rotatable bonds is 4. The molecule has 27 heavy (non-hydrogen) atoms. The molecule has 0 radical (unpaired) electrons. The Balaban J connectivity index is 1.43. The first-order valence-electron chi connectivity index (χ1n) is 9.80. The molecule has 0 saturated carbocycles. The molecule has 1 aromatic heterocycles. The van der Waals surface area contributed by atoms with Gasteiger partial charge in [0.1, 0.15) is 5.75 Å². The van der Waals surface area contributed by atoms with Gasteiger partial charge in [0.2, 0.25) is 5.91 Å². The third-order valence-corrected chi connectivity index (χ3v) is 5.83. The van der Waals surface area contributed by atoms with Crippen molar-refractivity contribution < 1.29 is 14.3 Å². The lowest BCUT2D eigenvalue weighted by molar-refractivity contribution is -0.139. The quantitative estimate of drug-likeness (QED) is 0.899. The van der Waals surface area contributed by atoms with Gasteiger partial charge in [0.15, 0.2) is 0 Å². The molecule has 2 saturated heterocycles. The largest absolute Gasteiger partial charge is 0.497 e. The molecule has 6 nitrogen and oxygen atoms in total. The van der Waals surface area contributed by atoms with E-state index in [1.165, 1.54) is 5.69 Å². The van der Waals surface area contributed by atoms with Gasteiger partial charge in [0.25, 0.3) is 0 Å². The summed E-state index contributed by atoms with van der Waals surface area (Å²) in [7, 11) is 1.68. The van der Waals surface area contributed by atoms with Crippen LogP contribution in [0.15, 0.2) is 30.5 Å². The third kappa shape index (κ3) is 3.86. The highest BCUT2D eigenvalue weighted by Gasteiger charge is 2.31. The van der Waals surface area contributed by atoms with Crippen LogP contribution in [0.2, 0.25) is 0 Å². The van der Waals surface area contributed by atoms with Gasteiger partial charge in [-0.25, -0.2) is 0 Å². The Labute approximate surface area is 159 Å². The summed E-state index contributed by atoms with van der Waals surface area (Å²) in [5.41, 5.74) is 3.41. The van der Waals surface area contributed by atoms with Crippen molar-refractivity contribution >= 4 is 5.91 Å². The van der Waals surface area contributed by atoms with Gasteiger partial charge < -0.3 is 14.4 Å². The molecule has 0 atom stereocenters. The number of methoxy groups -OCH3 is 1. The minimum atomic E-state index is 0.148. The molecule has 1 N–H and O–H groups in total. The standard InChI is InChI=1S/C21H27N3O3/c1-26-18-4-2-3-17(13-18)19-14-22-23-20(19)15-5-9-24(10-6-15)21(25)16-7-11-27-12-8-16/h2-4,13-16H,5-12H2,1H3,(H,22,23). The molecule has 1 aromatic carbocycles. The topological polar surface area (TPSA) is 67.5 Å². The number of nitrogens with one attached hydrogen (secondary N) is 1. The number of H-pyrrole nitrogens is 1. The summed E-state index contributed by atoms with van der Waals surface area (Å²) in [6.45, 7) is 3.06. The normalized spacial score (nSPS) is 19.2. The number of benzene rings is 1. The van der Waals surface area contributed by atoms with Gasteiger partial charge in [-0.15, -0.1) is 0 Å². The molecule has 2 aliphatic heterocycles. The van der Waals surface area contributed by atoms with Crippen molar-refractivity contribution in [2.24, 2.45) is 5.92 Å². The molecular weight excluding hydrogens is 342 g/mol. The molecule has 0 aliphatic carbocycles. The highest BCUT2D eigenvalue weighted by atomic mass is 16.5. The van der Waals surface area contributed by atoms with Crippen molar-refractivity contribution in [2.75, 3.05) is 33.4 Å². The lowest BCUT2D eigenvalue weighted by Gasteiger charge is -2.35. The van der Waals surface area contributed by atoms with E-state index in [4.69, 9.17) is 9.47 Å². The van der Waals surface area contributed by atoms with Gasteiger partial charge >= 0.3 is 0 Å². The summed E-state index contributed by atoms with van der Waals surface area (Å²) in [4.78, 5) is 14.8. The van der Waals surface area contributed by atoms with E-state index in [-0.39, 0.29) is 5.92 Å². The Morgan fingerprint density at radius 2 is 2.00 bits per heavy atom. The van der Waals surface area contributed by atoms with E-state index < -0.39 is 0 Å². The maximum Gasteiger partial charge on any atom is 0.225 e. The van der Waals surface area contributed by atoms with Crippen LogP contribution in [0, 0.1) is 5.92 Å². The highest BCUT2D eigenvalue weighted by molar-refractivity contribution is 5.79. The first-order chi connectivity index (χ1) is 13.3. The molecule has 2 fully saturated rings. The zero-order chi connectivity index (χ0) is 18.6. The second kappa shape index (κ2) is 8.13. The maximum atomic E-state index is 12.7. The van der Waals surface area contributed by atoms with E-state index in [0.717, 1.165) is 55.6 Å². The zero-order valence-electron chi connectivity index (χ0n) is 15.8. The van der Waals surface area contributed by atoms with Gasteiger partial charge in [-0.2, -0.15) is 5.10 Å². The Morgan fingerprint density at radius 1 is 1.22 bits per heavy atom. The number of aromatic amines is 1. The lowest BCUT2D eigenvalue weighted by atomic mass is 9.88. The average Bonchev–Trinajstić information content (AvgIpc) is 3.24. The maximum absolute atomic E-state index is 12.7. The van der Waals surface area contributed by atoms with Crippen LogP contribution in [0.1, 0.15) is 37.3 Å². The van der Waals surface area contributed by atoms with Crippen LogP contribution in [0.5, 0.6) is 5.75 Å². The fourth-order valence-electron chi connectivity index (χ4n) is 4.22. The molecule has 4 rings (SSSR count). The Kier molecular flexibility index (Phi) is 5.43. The number of piperidine rings is 1. The van der Waals surface area contributed by atoms with E-state index in [1.807, 2.05) is 29.3 Å². The average molecular weight is 369 g/mol. The van der Waals surface area contributed by atoms with Crippen LogP contribution in [-0.4, -0.2) is 54.4 Å². The van der Waals surface area contributed by atoms with E-state index in [2.05, 4.69) is 16.3 Å². The van der Waals surface area contributed by atoms with Crippen molar-refractivity contribution in [1.29, 1.82) is 0 Å². The van der Waals surface area contributed by atoms with Crippen molar-refractivity contribution in [1.82, 2.24) is 15.1 Å². The minimum absolute atomic E-state index is 0.148. The van der Waals surface area contributed by atoms with Gasteiger partial charge in [-0.3, -0.25) is 9.89 Å². The van der Waals surface area contributed by atoms with Gasteiger partial charge in [0.05, 0.1) is 13.3 Å². The lowest BCUT2D eigenvalue weighted by Crippen LogP contribution is -2.42. The third-order valence-electron chi connectivity index (χ3n) is 5.83. The SMILES string of the molecule is COc1cccc(-c2cn[nH]c2C2CCN(C(=O)C3CCOCC3)CC2)c1. The van der Waals surface area contributed by atoms with Crippen LogP contribution in [0.4, 0.5) is 0 Å². The number of likely N-dealkylation sites (tertiary alicyclic amines) is 1. The number of hydrogen-bond acceptors (Lipinski definition) is 4. The van der Waals surface area contributed by atoms with E-state index in [0.29, 0.717) is 25.0 Å². The van der Waals surface area contributed by atoms with Crippen LogP contribution in [0.3, 0.4) is 0 Å². The van der Waals surface area contributed by atoms with Crippen molar-refractivity contribution in [3.05, 3.63) is 36.2 Å². The second-order valence-corrected chi connectivity index (χ2v) is 7.42. The number of amides is 1. The molecule has 6 heteroatoms. The molecule has 3 heterocycles.